The van der Waals surface area contributed by atoms with Crippen molar-refractivity contribution >= 4 is 0 Å². The van der Waals surface area contributed by atoms with E-state index in [1.807, 2.05) is 0 Å². The molecule has 0 bridgehead atoms. The Bertz CT molecular complexity index is 1040. The van der Waals surface area contributed by atoms with Crippen molar-refractivity contribution in [3.05, 3.63) is 0 Å². The molecule has 100 valence electrons. The molecule has 9 unspecified atom stereocenters. The molecular weight excluding hydrogens is 260 g/mol. The van der Waals surface area contributed by atoms with E-state index in [0.717, 1.165) is 12.9 Å². The van der Waals surface area contributed by atoms with E-state index in [0.29, 0.717) is 0 Å². The van der Waals surface area contributed by atoms with Gasteiger partial charge in [0, 0.05) is 0 Å². The van der Waals surface area contributed by atoms with Crippen molar-refractivity contribution in [2.75, 3.05) is 0 Å². The molecule has 10 heterocycles. The monoisotopic (exact) mass is 284 g/mol. The Morgan fingerprint density at radius 1 is 0.778 bits per heavy atom. The first-order chi connectivity index (χ1) is 8.51. The summed E-state index contributed by atoms with van der Waals surface area (Å²) >= 11 is 0. The summed E-state index contributed by atoms with van der Waals surface area (Å²) in [6.07, 6.45) is 6.60. The fraction of sp³-hybridized carbons (Fsp3) is 1.00. The van der Waals surface area contributed by atoms with Crippen molar-refractivity contribution in [1.29, 1.82) is 0 Å². The van der Waals surface area contributed by atoms with Gasteiger partial charge in [-0.25, -0.2) is 0 Å². The predicted molar refractivity (Wildman–Crippen MR) is 69.8 cm³/mol. The van der Waals surface area contributed by atoms with Crippen LogP contribution in [0.1, 0.15) is 46.5 Å². The standard InChI is InChI=1S/C10H15.C7H9.Fe/c1-3-6-10-8-5-7-9(10)4-2;1-2-7-5-3-4-6-7;/h5,7-8H,3-4,6H2,1-2H3;3-6H,2H2,1H3;. The van der Waals surface area contributed by atoms with Crippen LogP contribution in [0.2, 0.25) is 46.7 Å². The van der Waals surface area contributed by atoms with E-state index < -0.39 is 6.51 Å². The predicted octanol–water partition coefficient (Wildman–Crippen LogP) is 6.11. The van der Waals surface area contributed by atoms with Crippen molar-refractivity contribution in [2.24, 2.45) is 0 Å². The van der Waals surface area contributed by atoms with Gasteiger partial charge in [-0.2, -0.15) is 0 Å². The zero-order chi connectivity index (χ0) is 11.7. The van der Waals surface area contributed by atoms with Crippen molar-refractivity contribution in [3.8, 4) is 0 Å². The third-order valence-corrected chi connectivity index (χ3v) is 63.0. The fourth-order valence-electron chi connectivity index (χ4n) is 21.4. The molecule has 1 heteroatoms. The summed E-state index contributed by atoms with van der Waals surface area (Å²) in [6.45, 7) is 4.80. The molecule has 1 spiro atoms. The molecule has 9 atom stereocenters. The number of fused-ring (bicyclic) bond motifs is 10. The van der Waals surface area contributed by atoms with Crippen molar-refractivity contribution in [3.63, 3.8) is 0 Å². The van der Waals surface area contributed by atoms with E-state index in [-0.39, 0.29) is 0 Å². The van der Waals surface area contributed by atoms with Crippen LogP contribution in [-0.2, 0) is 6.51 Å². The molecule has 0 saturated carbocycles. The first kappa shape index (κ1) is 7.51. The Morgan fingerprint density at radius 2 is 1.44 bits per heavy atom. The minimum atomic E-state index is -2.98. The average Bonchev–Trinajstić information content (AvgIpc) is 3.33. The van der Waals surface area contributed by atoms with E-state index in [9.17, 15) is 0 Å². The van der Waals surface area contributed by atoms with Crippen molar-refractivity contribution < 1.29 is 6.51 Å². The van der Waals surface area contributed by atoms with E-state index in [1.165, 1.54) is 40.1 Å². The van der Waals surface area contributed by atoms with Gasteiger partial charge in [-0.15, -0.1) is 0 Å². The van der Waals surface area contributed by atoms with Crippen LogP contribution in [0.15, 0.2) is 0 Å². The van der Waals surface area contributed by atoms with Gasteiger partial charge in [0.25, 0.3) is 0 Å². The Labute approximate surface area is 99.6 Å². The van der Waals surface area contributed by atoms with Gasteiger partial charge in [0.15, 0.2) is 0 Å². The zero-order valence-electron chi connectivity index (χ0n) is 11.7. The Kier molecular flexibility index (Phi) is 0.254. The summed E-state index contributed by atoms with van der Waals surface area (Å²) in [6, 6.07) is 0. The molecule has 18 heavy (non-hydrogen) atoms. The molecule has 0 aliphatic carbocycles. The van der Waals surface area contributed by atoms with Gasteiger partial charge in [-0.05, 0) is 0 Å². The van der Waals surface area contributed by atoms with Gasteiger partial charge in [0.1, 0.15) is 0 Å². The first-order valence-electron chi connectivity index (χ1n) is 8.71. The maximum absolute atomic E-state index is 2.98. The molecule has 10 saturated heterocycles. The van der Waals surface area contributed by atoms with Crippen LogP contribution in [-0.4, -0.2) is 0 Å². The van der Waals surface area contributed by atoms with Gasteiger partial charge >= 0.3 is 99.6 Å². The van der Waals surface area contributed by atoms with Crippen molar-refractivity contribution in [2.45, 2.75) is 93.1 Å². The number of hydrogen-bond donors (Lipinski definition) is 0. The first-order valence-corrected chi connectivity index (χ1v) is 14.8. The number of hydrogen-bond acceptors (Lipinski definition) is 0. The normalized spacial score (nSPS) is 122. The van der Waals surface area contributed by atoms with Gasteiger partial charge in [-0.3, -0.25) is 0 Å². The molecule has 0 nitrogen and oxygen atoms in total. The molecule has 0 radical (unpaired) electrons. The van der Waals surface area contributed by atoms with Crippen LogP contribution in [0.4, 0.5) is 0 Å². The zero-order valence-corrected chi connectivity index (χ0v) is 12.8. The quantitative estimate of drug-likeness (QED) is 0.547. The third-order valence-electron chi connectivity index (χ3n) is 17.6. The number of rotatable bonds is 4. The van der Waals surface area contributed by atoms with Gasteiger partial charge < -0.3 is 0 Å². The molecule has 0 aromatic heterocycles. The molecule has 0 aromatic carbocycles. The Morgan fingerprint density at radius 3 is 1.83 bits per heavy atom. The maximum atomic E-state index is 2.64. The Hall–Kier alpha value is 0.519. The molecule has 0 N–H and O–H groups in total. The SMILES string of the molecule is CCC[C]12[CH]3[CH]4[CH]5[C]1(CC)[Fe]45321678[CH]2[CH]1[CH]6[C]7(CC)[CH]28. The van der Waals surface area contributed by atoms with Crippen LogP contribution >= 0.6 is 0 Å². The fourth-order valence-corrected chi connectivity index (χ4v) is 104. The minimum absolute atomic E-state index is 1.15. The summed E-state index contributed by atoms with van der Waals surface area (Å²) in [4.78, 5) is 10.5. The summed E-state index contributed by atoms with van der Waals surface area (Å²) < 4.78 is 3.46. The van der Waals surface area contributed by atoms with E-state index >= 15 is 0 Å². The molecule has 10 fully saturated rings. The second kappa shape index (κ2) is 0.610. The topological polar surface area (TPSA) is 0 Å². The Balaban J connectivity index is 1.67. The summed E-state index contributed by atoms with van der Waals surface area (Å²) in [7, 11) is 0. The second-order valence-electron chi connectivity index (χ2n) is 11.8. The van der Waals surface area contributed by atoms with Crippen LogP contribution < -0.4 is 0 Å². The summed E-state index contributed by atoms with van der Waals surface area (Å²) in [5, 5.41) is 0. The van der Waals surface area contributed by atoms with Crippen LogP contribution in [0, 0.1) is 0 Å². The molecule has 0 aromatic rings. The third kappa shape index (κ3) is 0.0634. The van der Waals surface area contributed by atoms with E-state index in [1.54, 1.807) is 19.3 Å². The van der Waals surface area contributed by atoms with Crippen molar-refractivity contribution in [1.82, 2.24) is 0 Å². The van der Waals surface area contributed by atoms with Gasteiger partial charge in [0.2, 0.25) is 0 Å². The van der Waals surface area contributed by atoms with Crippen LogP contribution in [0.3, 0.4) is 0 Å². The van der Waals surface area contributed by atoms with Gasteiger partial charge in [0.05, 0.1) is 0 Å². The summed E-state index contributed by atoms with van der Waals surface area (Å²) in [5.74, 6) is 0. The second-order valence-corrected chi connectivity index (χ2v) is 35.0. The molecule has 0 amide bonds. The molecular formula is C17H24Fe. The average molecular weight is 284 g/mol. The van der Waals surface area contributed by atoms with E-state index in [4.69, 9.17) is 0 Å². The van der Waals surface area contributed by atoms with Crippen LogP contribution in [0.25, 0.3) is 0 Å². The van der Waals surface area contributed by atoms with Crippen LogP contribution in [0.5, 0.6) is 0 Å². The van der Waals surface area contributed by atoms with E-state index in [2.05, 4.69) is 20.8 Å². The van der Waals surface area contributed by atoms with Gasteiger partial charge in [-0.1, -0.05) is 0 Å². The molecule has 10 aliphatic rings. The summed E-state index contributed by atoms with van der Waals surface area (Å²) in [5.41, 5.74) is 0. The molecule has 10 aliphatic heterocycles. The molecule has 10 rings (SSSR count).